The van der Waals surface area contributed by atoms with E-state index in [0.717, 1.165) is 17.2 Å². The summed E-state index contributed by atoms with van der Waals surface area (Å²) in [5.41, 5.74) is 1.81. The third-order valence-corrected chi connectivity index (χ3v) is 5.40. The lowest BCUT2D eigenvalue weighted by molar-refractivity contribution is -0.0997. The Morgan fingerprint density at radius 2 is 2.00 bits per heavy atom. The summed E-state index contributed by atoms with van der Waals surface area (Å²) in [6.45, 7) is 3.69. The molecule has 4 aliphatic rings. The summed E-state index contributed by atoms with van der Waals surface area (Å²) in [5.74, 6) is 2.92. The summed E-state index contributed by atoms with van der Waals surface area (Å²) in [4.78, 5) is 11.2. The maximum absolute atomic E-state index is 6.32. The minimum atomic E-state index is 0.319. The Bertz CT molecular complexity index is 643. The molecule has 3 aliphatic heterocycles. The lowest BCUT2D eigenvalue weighted by atomic mass is 9.66. The van der Waals surface area contributed by atoms with E-state index in [0.29, 0.717) is 23.8 Å². The topological polar surface area (TPSA) is 66.9 Å². The van der Waals surface area contributed by atoms with E-state index in [1.807, 2.05) is 12.3 Å². The van der Waals surface area contributed by atoms with Gasteiger partial charge in [0.05, 0.1) is 11.9 Å². The molecule has 1 N–H and O–H groups in total. The van der Waals surface area contributed by atoms with Gasteiger partial charge in [0.25, 0.3) is 0 Å². The molecule has 4 bridgehead atoms. The van der Waals surface area contributed by atoms with Crippen LogP contribution in [0.5, 0.6) is 5.88 Å². The first-order valence-electron chi connectivity index (χ1n) is 8.05. The first kappa shape index (κ1) is 12.6. The molecule has 1 saturated carbocycles. The van der Waals surface area contributed by atoms with Crippen LogP contribution in [0.1, 0.15) is 12.8 Å². The lowest BCUT2D eigenvalue weighted by Gasteiger charge is -2.55. The van der Waals surface area contributed by atoms with Crippen LogP contribution in [0, 0.1) is 17.8 Å². The van der Waals surface area contributed by atoms with Gasteiger partial charge in [0.15, 0.2) is 0 Å². The molecule has 5 heterocycles. The van der Waals surface area contributed by atoms with Gasteiger partial charge < -0.3 is 9.64 Å². The van der Waals surface area contributed by atoms with Crippen molar-refractivity contribution in [3.63, 3.8) is 0 Å². The molecule has 6 nitrogen and oxygen atoms in total. The van der Waals surface area contributed by atoms with E-state index in [2.05, 4.69) is 25.1 Å². The number of aromatic nitrogens is 4. The smallest absolute Gasteiger partial charge is 0.217 e. The number of piperidine rings is 3. The van der Waals surface area contributed by atoms with E-state index in [1.54, 1.807) is 12.5 Å². The Kier molecular flexibility index (Phi) is 2.73. The lowest BCUT2D eigenvalue weighted by Crippen LogP contribution is -2.61. The van der Waals surface area contributed by atoms with E-state index in [-0.39, 0.29) is 0 Å². The predicted molar refractivity (Wildman–Crippen MR) is 80.2 cm³/mol. The number of aromatic amines is 1. The summed E-state index contributed by atoms with van der Waals surface area (Å²) in [5, 5.41) is 6.79. The van der Waals surface area contributed by atoms with Crippen LogP contribution < -0.4 is 4.74 Å². The van der Waals surface area contributed by atoms with E-state index < -0.39 is 0 Å². The molecular formula is C16H19N5O. The SMILES string of the molecule is c1nc(OC2C3CC4CC2CN(C4)C3)cc(-c2cn[nH]c2)n1. The van der Waals surface area contributed by atoms with Crippen molar-refractivity contribution in [2.45, 2.75) is 18.9 Å². The zero-order valence-corrected chi connectivity index (χ0v) is 12.4. The molecule has 0 radical (unpaired) electrons. The highest BCUT2D eigenvalue weighted by atomic mass is 16.5. The standard InChI is InChI=1S/C16H19N5O/c1-10-2-12-8-21(6-10)7-11(1)16(12)22-15-3-14(17-9-18-15)13-4-19-20-5-13/h3-5,9-12,16H,1-2,6-8H2,(H,19,20). The highest BCUT2D eigenvalue weighted by Gasteiger charge is 2.48. The van der Waals surface area contributed by atoms with Crippen molar-refractivity contribution in [1.29, 1.82) is 0 Å². The molecule has 2 unspecified atom stereocenters. The maximum atomic E-state index is 6.32. The van der Waals surface area contributed by atoms with Crippen LogP contribution in [-0.4, -0.2) is 50.8 Å². The van der Waals surface area contributed by atoms with Crippen molar-refractivity contribution in [3.05, 3.63) is 24.8 Å². The highest BCUT2D eigenvalue weighted by Crippen LogP contribution is 2.44. The Morgan fingerprint density at radius 1 is 1.14 bits per heavy atom. The van der Waals surface area contributed by atoms with Crippen LogP contribution in [-0.2, 0) is 0 Å². The third-order valence-electron chi connectivity index (χ3n) is 5.40. The number of nitrogens with one attached hydrogen (secondary N) is 1. The van der Waals surface area contributed by atoms with Crippen molar-refractivity contribution in [2.75, 3.05) is 19.6 Å². The average Bonchev–Trinajstić information content (AvgIpc) is 3.05. The van der Waals surface area contributed by atoms with Crippen molar-refractivity contribution < 1.29 is 4.74 Å². The Labute approximate surface area is 128 Å². The van der Waals surface area contributed by atoms with Gasteiger partial charge in [-0.15, -0.1) is 0 Å². The van der Waals surface area contributed by atoms with Crippen molar-refractivity contribution in [3.8, 4) is 17.1 Å². The van der Waals surface area contributed by atoms with Crippen LogP contribution in [0.25, 0.3) is 11.3 Å². The van der Waals surface area contributed by atoms with Gasteiger partial charge in [0.1, 0.15) is 12.4 Å². The molecule has 22 heavy (non-hydrogen) atoms. The van der Waals surface area contributed by atoms with Gasteiger partial charge >= 0.3 is 0 Å². The number of nitrogens with zero attached hydrogens (tertiary/aromatic N) is 4. The van der Waals surface area contributed by atoms with Crippen molar-refractivity contribution in [2.24, 2.45) is 17.8 Å². The van der Waals surface area contributed by atoms with E-state index >= 15 is 0 Å². The van der Waals surface area contributed by atoms with Gasteiger partial charge in [0, 0.05) is 49.3 Å². The predicted octanol–water partition coefficient (Wildman–Crippen LogP) is 1.59. The molecule has 0 spiro atoms. The summed E-state index contributed by atoms with van der Waals surface area (Å²) < 4.78 is 6.32. The maximum Gasteiger partial charge on any atom is 0.217 e. The largest absolute Gasteiger partial charge is 0.474 e. The molecule has 4 fully saturated rings. The summed E-state index contributed by atoms with van der Waals surface area (Å²) >= 11 is 0. The first-order chi connectivity index (χ1) is 10.8. The van der Waals surface area contributed by atoms with Gasteiger partial charge in [-0.25, -0.2) is 9.97 Å². The molecule has 6 heteroatoms. The van der Waals surface area contributed by atoms with Crippen LogP contribution >= 0.6 is 0 Å². The second-order valence-electron chi connectivity index (χ2n) is 6.89. The zero-order valence-electron chi connectivity index (χ0n) is 12.4. The Hall–Kier alpha value is -1.95. The molecule has 1 aliphatic carbocycles. The van der Waals surface area contributed by atoms with Crippen LogP contribution in [0.2, 0.25) is 0 Å². The van der Waals surface area contributed by atoms with Crippen LogP contribution in [0.3, 0.4) is 0 Å². The molecule has 2 aromatic rings. The second kappa shape index (κ2) is 4.78. The fraction of sp³-hybridized carbons (Fsp3) is 0.562. The van der Waals surface area contributed by atoms with Crippen LogP contribution in [0.15, 0.2) is 24.8 Å². The monoisotopic (exact) mass is 297 g/mol. The van der Waals surface area contributed by atoms with E-state index in [1.165, 1.54) is 32.5 Å². The van der Waals surface area contributed by atoms with Gasteiger partial charge in [-0.3, -0.25) is 5.10 Å². The molecule has 114 valence electrons. The summed E-state index contributed by atoms with van der Waals surface area (Å²) in [7, 11) is 0. The summed E-state index contributed by atoms with van der Waals surface area (Å²) in [6, 6.07) is 1.93. The Balaban J connectivity index is 1.39. The first-order valence-corrected chi connectivity index (χ1v) is 8.05. The highest BCUT2D eigenvalue weighted by molar-refractivity contribution is 5.57. The molecule has 0 amide bonds. The molecule has 6 rings (SSSR count). The van der Waals surface area contributed by atoms with E-state index in [9.17, 15) is 0 Å². The van der Waals surface area contributed by atoms with Crippen molar-refractivity contribution >= 4 is 0 Å². The molecule has 2 aromatic heterocycles. The Morgan fingerprint density at radius 3 is 2.73 bits per heavy atom. The summed E-state index contributed by atoms with van der Waals surface area (Å²) in [6.07, 6.45) is 8.14. The minimum absolute atomic E-state index is 0.319. The molecular weight excluding hydrogens is 278 g/mol. The normalized spacial score (nSPS) is 35.7. The van der Waals surface area contributed by atoms with Gasteiger partial charge in [0.2, 0.25) is 5.88 Å². The van der Waals surface area contributed by atoms with Crippen LogP contribution in [0.4, 0.5) is 0 Å². The van der Waals surface area contributed by atoms with Gasteiger partial charge in [-0.1, -0.05) is 0 Å². The number of rotatable bonds is 3. The average molecular weight is 297 g/mol. The fourth-order valence-corrected chi connectivity index (χ4v) is 4.65. The van der Waals surface area contributed by atoms with Gasteiger partial charge in [-0.2, -0.15) is 5.10 Å². The van der Waals surface area contributed by atoms with Gasteiger partial charge in [-0.05, 0) is 18.8 Å². The number of H-pyrrole nitrogens is 1. The van der Waals surface area contributed by atoms with Crippen molar-refractivity contribution in [1.82, 2.24) is 25.1 Å². The third kappa shape index (κ3) is 2.01. The molecule has 3 saturated heterocycles. The molecule has 2 atom stereocenters. The molecule has 0 aromatic carbocycles. The second-order valence-corrected chi connectivity index (χ2v) is 6.89. The number of hydrogen-bond acceptors (Lipinski definition) is 5. The quantitative estimate of drug-likeness (QED) is 0.932. The zero-order chi connectivity index (χ0) is 14.5. The minimum Gasteiger partial charge on any atom is -0.474 e. The van der Waals surface area contributed by atoms with E-state index in [4.69, 9.17) is 4.74 Å². The fourth-order valence-electron chi connectivity index (χ4n) is 4.65. The number of ether oxygens (including phenoxy) is 1. The number of hydrogen-bond donors (Lipinski definition) is 1.